The molecule has 0 amide bonds. The Morgan fingerprint density at radius 1 is 1.00 bits per heavy atom. The van der Waals surface area contributed by atoms with E-state index < -0.39 is 3.79 Å². The number of aromatic nitrogens is 1. The van der Waals surface area contributed by atoms with Gasteiger partial charge in [0.25, 0.3) is 0 Å². The summed E-state index contributed by atoms with van der Waals surface area (Å²) in [4.78, 5) is 3.75. The molecule has 0 saturated heterocycles. The second kappa shape index (κ2) is 4.18. The van der Waals surface area contributed by atoms with Crippen molar-refractivity contribution in [3.63, 3.8) is 0 Å². The maximum absolute atomic E-state index is 5.73. The molecule has 0 atom stereocenters. The monoisotopic (exact) mass is 297 g/mol. The number of alkyl halides is 3. The molecule has 13 heavy (non-hydrogen) atoms. The lowest BCUT2D eigenvalue weighted by Crippen LogP contribution is -2.04. The highest BCUT2D eigenvalue weighted by Crippen LogP contribution is 2.42. The van der Waals surface area contributed by atoms with Crippen molar-refractivity contribution in [3.8, 4) is 0 Å². The third-order valence-electron chi connectivity index (χ3n) is 1.16. The van der Waals surface area contributed by atoms with Gasteiger partial charge in [0.15, 0.2) is 0 Å². The van der Waals surface area contributed by atoms with E-state index in [-0.39, 0.29) is 20.9 Å². The molecule has 1 heterocycles. The van der Waals surface area contributed by atoms with Gasteiger partial charge in [0.1, 0.15) is 10.8 Å². The molecule has 0 N–H and O–H groups in total. The Morgan fingerprint density at radius 3 is 2.00 bits per heavy atom. The van der Waals surface area contributed by atoms with Crippen LogP contribution in [0.5, 0.6) is 0 Å². The summed E-state index contributed by atoms with van der Waals surface area (Å²) in [6.07, 6.45) is 0. The Balaban J connectivity index is 3.32. The first-order valence-electron chi connectivity index (χ1n) is 2.91. The van der Waals surface area contributed by atoms with Gasteiger partial charge in [-0.25, -0.2) is 4.98 Å². The van der Waals surface area contributed by atoms with E-state index in [0.717, 1.165) is 0 Å². The van der Waals surface area contributed by atoms with Crippen molar-refractivity contribution >= 4 is 69.6 Å². The molecule has 0 fully saturated rings. The molecule has 72 valence electrons. The smallest absolute Gasteiger partial charge is 0.233 e. The maximum Gasteiger partial charge on any atom is 0.234 e. The van der Waals surface area contributed by atoms with Gasteiger partial charge in [-0.05, 0) is 6.07 Å². The third-order valence-corrected chi connectivity index (χ3v) is 2.65. The fourth-order valence-corrected chi connectivity index (χ4v) is 1.86. The van der Waals surface area contributed by atoms with Crippen molar-refractivity contribution in [1.82, 2.24) is 4.98 Å². The van der Waals surface area contributed by atoms with Crippen molar-refractivity contribution in [2.75, 3.05) is 0 Å². The molecule has 0 aromatic carbocycles. The summed E-state index contributed by atoms with van der Waals surface area (Å²) >= 11 is 33.7. The van der Waals surface area contributed by atoms with Crippen molar-refractivity contribution in [2.45, 2.75) is 3.79 Å². The second-order valence-corrected chi connectivity index (χ2v) is 5.54. The molecule has 1 rings (SSSR count). The topological polar surface area (TPSA) is 12.9 Å². The van der Waals surface area contributed by atoms with E-state index in [2.05, 4.69) is 4.98 Å². The minimum atomic E-state index is -1.70. The summed E-state index contributed by atoms with van der Waals surface area (Å²) in [6.45, 7) is 0. The number of pyridine rings is 1. The first-order valence-corrected chi connectivity index (χ1v) is 5.18. The molecular weight excluding hydrogens is 299 g/mol. The van der Waals surface area contributed by atoms with E-state index in [1.165, 1.54) is 6.07 Å². The van der Waals surface area contributed by atoms with E-state index in [4.69, 9.17) is 69.6 Å². The zero-order chi connectivity index (χ0) is 10.2. The highest BCUT2D eigenvalue weighted by Gasteiger charge is 2.28. The predicted octanol–water partition coefficient (Wildman–Crippen LogP) is 4.87. The normalized spacial score (nSPS) is 11.8. The average molecular weight is 300 g/mol. The number of rotatable bonds is 0. The number of halogens is 6. The zero-order valence-electron chi connectivity index (χ0n) is 5.79. The van der Waals surface area contributed by atoms with Crippen molar-refractivity contribution in [3.05, 3.63) is 27.0 Å². The third kappa shape index (κ3) is 2.92. The van der Waals surface area contributed by atoms with Gasteiger partial charge in [-0.15, -0.1) is 0 Å². The highest BCUT2D eigenvalue weighted by molar-refractivity contribution is 6.67. The van der Waals surface area contributed by atoms with Crippen LogP contribution in [0.25, 0.3) is 0 Å². The van der Waals surface area contributed by atoms with Crippen LogP contribution >= 0.6 is 69.6 Å². The molecule has 0 saturated carbocycles. The summed E-state index contributed by atoms with van der Waals surface area (Å²) in [7, 11) is 0. The summed E-state index contributed by atoms with van der Waals surface area (Å²) in [5.74, 6) is 0. The molecule has 0 bridgehead atoms. The van der Waals surface area contributed by atoms with Crippen molar-refractivity contribution in [2.24, 2.45) is 0 Å². The molecule has 0 aliphatic rings. The van der Waals surface area contributed by atoms with Gasteiger partial charge in [0.2, 0.25) is 3.79 Å². The molecule has 0 radical (unpaired) electrons. The zero-order valence-corrected chi connectivity index (χ0v) is 10.3. The molecule has 0 aliphatic heterocycles. The van der Waals surface area contributed by atoms with Gasteiger partial charge in [-0.2, -0.15) is 0 Å². The standard InChI is InChI=1S/C6HCl6N/c7-2-1-3(8)5(9)13-4(2)6(10,11)12/h1H. The van der Waals surface area contributed by atoms with Gasteiger partial charge in [-0.1, -0.05) is 69.6 Å². The van der Waals surface area contributed by atoms with Crippen LogP contribution in [0.2, 0.25) is 15.2 Å². The average Bonchev–Trinajstić information content (AvgIpc) is 1.94. The van der Waals surface area contributed by atoms with Gasteiger partial charge in [-0.3, -0.25) is 0 Å². The van der Waals surface area contributed by atoms with Crippen molar-refractivity contribution in [1.29, 1.82) is 0 Å². The van der Waals surface area contributed by atoms with Gasteiger partial charge < -0.3 is 0 Å². The van der Waals surface area contributed by atoms with Crippen LogP contribution in [0.4, 0.5) is 0 Å². The van der Waals surface area contributed by atoms with Crippen LogP contribution in [0.3, 0.4) is 0 Å². The number of hydrogen-bond donors (Lipinski definition) is 0. The van der Waals surface area contributed by atoms with Gasteiger partial charge in [0.05, 0.1) is 10.0 Å². The van der Waals surface area contributed by atoms with Gasteiger partial charge in [0, 0.05) is 0 Å². The summed E-state index contributed by atoms with van der Waals surface area (Å²) in [5.41, 5.74) is 0.0635. The van der Waals surface area contributed by atoms with Crippen LogP contribution in [-0.2, 0) is 3.79 Å². The summed E-state index contributed by atoms with van der Waals surface area (Å²) in [5, 5.41) is 0.423. The van der Waals surface area contributed by atoms with Crippen LogP contribution in [0.1, 0.15) is 5.69 Å². The fourth-order valence-electron chi connectivity index (χ4n) is 0.643. The van der Waals surface area contributed by atoms with Crippen LogP contribution in [0.15, 0.2) is 6.07 Å². The van der Waals surface area contributed by atoms with Gasteiger partial charge >= 0.3 is 0 Å². The first-order chi connectivity index (χ1) is 5.82. The molecule has 0 unspecified atom stereocenters. The molecule has 0 spiro atoms. The molecule has 1 aromatic heterocycles. The van der Waals surface area contributed by atoms with E-state index in [0.29, 0.717) is 0 Å². The lowest BCUT2D eigenvalue weighted by Gasteiger charge is -2.12. The molecule has 0 aliphatic carbocycles. The Morgan fingerprint density at radius 2 is 1.54 bits per heavy atom. The molecule has 1 aromatic rings. The molecule has 7 heteroatoms. The SMILES string of the molecule is Clc1cc(Cl)c(C(Cl)(Cl)Cl)nc1Cl. The highest BCUT2D eigenvalue weighted by atomic mass is 35.6. The largest absolute Gasteiger partial charge is 0.234 e. The predicted molar refractivity (Wildman–Crippen MR) is 58.5 cm³/mol. The number of nitrogens with zero attached hydrogens (tertiary/aromatic N) is 1. The maximum atomic E-state index is 5.73. The quantitative estimate of drug-likeness (QED) is 0.492. The number of hydrogen-bond acceptors (Lipinski definition) is 1. The Kier molecular flexibility index (Phi) is 3.84. The first kappa shape index (κ1) is 12.0. The lowest BCUT2D eigenvalue weighted by atomic mass is 10.4. The lowest BCUT2D eigenvalue weighted by molar-refractivity contribution is 1.09. The summed E-state index contributed by atoms with van der Waals surface area (Å²) in [6, 6.07) is 1.37. The Bertz CT molecular complexity index is 331. The molecular formula is C6HCl6N. The molecule has 1 nitrogen and oxygen atoms in total. The van der Waals surface area contributed by atoms with Crippen molar-refractivity contribution < 1.29 is 0 Å². The van der Waals surface area contributed by atoms with E-state index >= 15 is 0 Å². The summed E-state index contributed by atoms with van der Waals surface area (Å²) < 4.78 is -1.70. The Hall–Kier alpha value is 0.890. The Labute approximate surface area is 105 Å². The minimum absolute atomic E-state index is 0.0485. The van der Waals surface area contributed by atoms with Crippen LogP contribution in [0, 0.1) is 0 Å². The van der Waals surface area contributed by atoms with E-state index in [1.807, 2.05) is 0 Å². The van der Waals surface area contributed by atoms with Crippen LogP contribution in [-0.4, -0.2) is 4.98 Å². The minimum Gasteiger partial charge on any atom is -0.233 e. The van der Waals surface area contributed by atoms with E-state index in [9.17, 15) is 0 Å². The second-order valence-electron chi connectivity index (χ2n) is 2.09. The van der Waals surface area contributed by atoms with Crippen LogP contribution < -0.4 is 0 Å². The fraction of sp³-hybridized carbons (Fsp3) is 0.167. The van der Waals surface area contributed by atoms with E-state index in [1.54, 1.807) is 0 Å².